The van der Waals surface area contributed by atoms with Gasteiger partial charge in [-0.05, 0) is 65.5 Å². The maximum Gasteiger partial charge on any atom is 0.228 e. The molecule has 1 aliphatic rings. The number of aromatic nitrogens is 2. The molecule has 3 rings (SSSR count). The number of amides is 1. The third-order valence-corrected chi connectivity index (χ3v) is 3.91. The van der Waals surface area contributed by atoms with Crippen LogP contribution in [0.4, 0.5) is 17.3 Å². The zero-order valence-corrected chi connectivity index (χ0v) is 13.1. The SMILES string of the molecule is Cc1ccc(Nc2ccc(NC(=O)C3CC3)nn2)c(Br)c1. The summed E-state index contributed by atoms with van der Waals surface area (Å²) in [6.07, 6.45) is 1.95. The average molecular weight is 347 g/mol. The van der Waals surface area contributed by atoms with Gasteiger partial charge in [0, 0.05) is 10.4 Å². The van der Waals surface area contributed by atoms with Crippen LogP contribution in [0.15, 0.2) is 34.8 Å². The number of hydrogen-bond donors (Lipinski definition) is 2. The van der Waals surface area contributed by atoms with Crippen molar-refractivity contribution in [2.24, 2.45) is 5.92 Å². The Bertz CT molecular complexity index is 668. The summed E-state index contributed by atoms with van der Waals surface area (Å²) in [5.74, 6) is 1.31. The lowest BCUT2D eigenvalue weighted by Gasteiger charge is -2.08. The standard InChI is InChI=1S/C15H15BrN4O/c1-9-2-5-12(11(16)8-9)17-13-6-7-14(20-19-13)18-15(21)10-3-4-10/h2,5-8,10H,3-4H2,1H3,(H,17,19)(H,18,20,21). The molecule has 2 aromatic rings. The van der Waals surface area contributed by atoms with Gasteiger partial charge in [-0.25, -0.2) is 0 Å². The number of nitrogens with zero attached hydrogens (tertiary/aromatic N) is 2. The van der Waals surface area contributed by atoms with Crippen LogP contribution in [0.1, 0.15) is 18.4 Å². The van der Waals surface area contributed by atoms with Crippen molar-refractivity contribution in [3.05, 3.63) is 40.4 Å². The molecular weight excluding hydrogens is 332 g/mol. The van der Waals surface area contributed by atoms with E-state index in [1.807, 2.05) is 25.1 Å². The molecule has 108 valence electrons. The van der Waals surface area contributed by atoms with Crippen LogP contribution in [0, 0.1) is 12.8 Å². The topological polar surface area (TPSA) is 66.9 Å². The highest BCUT2D eigenvalue weighted by Gasteiger charge is 2.29. The van der Waals surface area contributed by atoms with Crippen LogP contribution in [0.25, 0.3) is 0 Å². The number of carbonyl (C=O) groups is 1. The molecule has 6 heteroatoms. The first-order chi connectivity index (χ1) is 10.1. The Morgan fingerprint density at radius 3 is 2.52 bits per heavy atom. The van der Waals surface area contributed by atoms with E-state index in [2.05, 4.69) is 36.8 Å². The van der Waals surface area contributed by atoms with Crippen LogP contribution < -0.4 is 10.6 Å². The van der Waals surface area contributed by atoms with Crippen LogP contribution in [0.3, 0.4) is 0 Å². The third-order valence-electron chi connectivity index (χ3n) is 3.25. The molecule has 0 bridgehead atoms. The van der Waals surface area contributed by atoms with Gasteiger partial charge in [-0.3, -0.25) is 4.79 Å². The minimum Gasteiger partial charge on any atom is -0.338 e. The van der Waals surface area contributed by atoms with E-state index in [0.717, 1.165) is 23.0 Å². The summed E-state index contributed by atoms with van der Waals surface area (Å²) < 4.78 is 0.968. The zero-order valence-electron chi connectivity index (χ0n) is 11.6. The van der Waals surface area contributed by atoms with Crippen molar-refractivity contribution in [3.8, 4) is 0 Å². The highest BCUT2D eigenvalue weighted by atomic mass is 79.9. The first-order valence-electron chi connectivity index (χ1n) is 6.79. The van der Waals surface area contributed by atoms with Gasteiger partial charge in [0.15, 0.2) is 11.6 Å². The van der Waals surface area contributed by atoms with E-state index in [1.54, 1.807) is 12.1 Å². The van der Waals surface area contributed by atoms with Gasteiger partial charge in [0.1, 0.15) is 0 Å². The predicted octanol–water partition coefficient (Wildman–Crippen LogP) is 3.64. The second-order valence-electron chi connectivity index (χ2n) is 5.18. The van der Waals surface area contributed by atoms with E-state index in [4.69, 9.17) is 0 Å². The number of rotatable bonds is 4. The Morgan fingerprint density at radius 2 is 1.90 bits per heavy atom. The summed E-state index contributed by atoms with van der Waals surface area (Å²) in [7, 11) is 0. The third kappa shape index (κ3) is 3.58. The lowest BCUT2D eigenvalue weighted by Crippen LogP contribution is -2.14. The van der Waals surface area contributed by atoms with Crippen LogP contribution in [0.2, 0.25) is 0 Å². The second kappa shape index (κ2) is 5.81. The highest BCUT2D eigenvalue weighted by molar-refractivity contribution is 9.10. The monoisotopic (exact) mass is 346 g/mol. The minimum absolute atomic E-state index is 0.0336. The Morgan fingerprint density at radius 1 is 1.19 bits per heavy atom. The summed E-state index contributed by atoms with van der Waals surface area (Å²) in [6.45, 7) is 2.03. The summed E-state index contributed by atoms with van der Waals surface area (Å²) in [5.41, 5.74) is 2.10. The van der Waals surface area contributed by atoms with Gasteiger partial charge in [-0.15, -0.1) is 10.2 Å². The zero-order chi connectivity index (χ0) is 14.8. The summed E-state index contributed by atoms with van der Waals surface area (Å²) in [4.78, 5) is 11.6. The maximum atomic E-state index is 11.6. The number of benzene rings is 1. The molecule has 1 amide bonds. The number of aryl methyl sites for hydroxylation is 1. The molecule has 1 heterocycles. The molecule has 0 atom stereocenters. The molecule has 5 nitrogen and oxygen atoms in total. The normalized spacial score (nSPS) is 13.8. The molecule has 1 aromatic heterocycles. The number of halogens is 1. The van der Waals surface area contributed by atoms with Crippen molar-refractivity contribution >= 4 is 39.2 Å². The van der Waals surface area contributed by atoms with E-state index < -0.39 is 0 Å². The van der Waals surface area contributed by atoms with Crippen molar-refractivity contribution in [1.29, 1.82) is 0 Å². The fraction of sp³-hybridized carbons (Fsp3) is 0.267. The quantitative estimate of drug-likeness (QED) is 0.886. The van der Waals surface area contributed by atoms with Crippen molar-refractivity contribution < 1.29 is 4.79 Å². The Hall–Kier alpha value is -1.95. The molecule has 0 spiro atoms. The Balaban J connectivity index is 1.67. The van der Waals surface area contributed by atoms with Crippen molar-refractivity contribution in [2.75, 3.05) is 10.6 Å². The van der Waals surface area contributed by atoms with Gasteiger partial charge in [-0.1, -0.05) is 6.07 Å². The molecule has 2 N–H and O–H groups in total. The molecule has 21 heavy (non-hydrogen) atoms. The molecule has 1 aromatic carbocycles. The van der Waals surface area contributed by atoms with Crippen molar-refractivity contribution in [1.82, 2.24) is 10.2 Å². The fourth-order valence-corrected chi connectivity index (χ4v) is 2.49. The number of carbonyl (C=O) groups excluding carboxylic acids is 1. The maximum absolute atomic E-state index is 11.6. The van der Waals surface area contributed by atoms with Crippen molar-refractivity contribution in [3.63, 3.8) is 0 Å². The second-order valence-corrected chi connectivity index (χ2v) is 6.03. The smallest absolute Gasteiger partial charge is 0.228 e. The molecule has 0 radical (unpaired) electrons. The summed E-state index contributed by atoms with van der Waals surface area (Å²) >= 11 is 3.51. The fourth-order valence-electron chi connectivity index (χ4n) is 1.90. The molecule has 0 aliphatic heterocycles. The van der Waals surface area contributed by atoms with Gasteiger partial charge in [0.25, 0.3) is 0 Å². The first-order valence-corrected chi connectivity index (χ1v) is 7.59. The number of nitrogens with one attached hydrogen (secondary N) is 2. The number of hydrogen-bond acceptors (Lipinski definition) is 4. The van der Waals surface area contributed by atoms with E-state index >= 15 is 0 Å². The van der Waals surface area contributed by atoms with Crippen LogP contribution in [-0.4, -0.2) is 16.1 Å². The predicted molar refractivity (Wildman–Crippen MR) is 85.5 cm³/mol. The van der Waals surface area contributed by atoms with Gasteiger partial charge in [-0.2, -0.15) is 0 Å². The minimum atomic E-state index is 0.0336. The van der Waals surface area contributed by atoms with Gasteiger partial charge in [0.2, 0.25) is 5.91 Å². The van der Waals surface area contributed by atoms with Gasteiger partial charge >= 0.3 is 0 Å². The average Bonchev–Trinajstić information content (AvgIpc) is 3.28. The van der Waals surface area contributed by atoms with Crippen LogP contribution in [-0.2, 0) is 4.79 Å². The Kier molecular flexibility index (Phi) is 3.88. The van der Waals surface area contributed by atoms with E-state index in [0.29, 0.717) is 11.6 Å². The van der Waals surface area contributed by atoms with E-state index in [-0.39, 0.29) is 11.8 Å². The molecule has 0 unspecified atom stereocenters. The lowest BCUT2D eigenvalue weighted by atomic mass is 10.2. The largest absolute Gasteiger partial charge is 0.338 e. The summed E-state index contributed by atoms with van der Waals surface area (Å²) in [5, 5.41) is 14.0. The Labute approximate surface area is 131 Å². The molecule has 1 saturated carbocycles. The first kappa shape index (κ1) is 14.0. The molecule has 0 saturated heterocycles. The van der Waals surface area contributed by atoms with Crippen molar-refractivity contribution in [2.45, 2.75) is 19.8 Å². The molecule has 1 fully saturated rings. The van der Waals surface area contributed by atoms with Crippen LogP contribution >= 0.6 is 15.9 Å². The molecular formula is C15H15BrN4O. The van der Waals surface area contributed by atoms with E-state index in [9.17, 15) is 4.79 Å². The lowest BCUT2D eigenvalue weighted by molar-refractivity contribution is -0.117. The van der Waals surface area contributed by atoms with Gasteiger partial charge in [0.05, 0.1) is 5.69 Å². The number of anilines is 3. The van der Waals surface area contributed by atoms with Gasteiger partial charge < -0.3 is 10.6 Å². The van der Waals surface area contributed by atoms with E-state index in [1.165, 1.54) is 5.56 Å². The van der Waals surface area contributed by atoms with Crippen LogP contribution in [0.5, 0.6) is 0 Å². The summed E-state index contributed by atoms with van der Waals surface area (Å²) in [6, 6.07) is 9.56. The highest BCUT2D eigenvalue weighted by Crippen LogP contribution is 2.30. The molecule has 1 aliphatic carbocycles.